The summed E-state index contributed by atoms with van der Waals surface area (Å²) < 4.78 is 50.8. The van der Waals surface area contributed by atoms with Crippen LogP contribution >= 0.6 is 0 Å². The Kier molecular flexibility index (Phi) is 8.09. The SMILES string of the molecule is N#Cc1ccc(CN2CCOCC3(CC(=O)N(c4ccc(F)cc4)C3)C2)cc1.O=C(O)C(F)(F)F. The third-order valence-corrected chi connectivity index (χ3v) is 5.71. The Morgan fingerprint density at radius 1 is 1.11 bits per heavy atom. The normalized spacial score (nSPS) is 20.7. The van der Waals surface area contributed by atoms with E-state index in [1.54, 1.807) is 17.0 Å². The van der Waals surface area contributed by atoms with Crippen molar-refractivity contribution >= 4 is 17.6 Å². The zero-order valence-corrected chi connectivity index (χ0v) is 18.6. The van der Waals surface area contributed by atoms with Gasteiger partial charge in [0, 0.05) is 43.7 Å². The number of alkyl halides is 3. The van der Waals surface area contributed by atoms with E-state index in [1.165, 1.54) is 12.1 Å². The molecule has 7 nitrogen and oxygen atoms in total. The molecule has 1 unspecified atom stereocenters. The molecule has 0 bridgehead atoms. The first-order valence-corrected chi connectivity index (χ1v) is 10.7. The molecular weight excluding hydrogens is 470 g/mol. The number of rotatable bonds is 3. The molecule has 2 aliphatic heterocycles. The van der Waals surface area contributed by atoms with Crippen molar-refractivity contribution in [2.45, 2.75) is 19.1 Å². The summed E-state index contributed by atoms with van der Waals surface area (Å²) in [6.45, 7) is 4.05. The van der Waals surface area contributed by atoms with Gasteiger partial charge in [0.25, 0.3) is 0 Å². The van der Waals surface area contributed by atoms with Gasteiger partial charge in [0.05, 0.1) is 24.8 Å². The lowest BCUT2D eigenvalue weighted by Gasteiger charge is -2.31. The molecule has 35 heavy (non-hydrogen) atoms. The summed E-state index contributed by atoms with van der Waals surface area (Å²) in [6.07, 6.45) is -4.66. The van der Waals surface area contributed by atoms with Crippen molar-refractivity contribution in [3.63, 3.8) is 0 Å². The molecule has 186 valence electrons. The number of anilines is 1. The fourth-order valence-corrected chi connectivity index (χ4v) is 4.11. The number of amides is 1. The van der Waals surface area contributed by atoms with Crippen LogP contribution in [0.25, 0.3) is 0 Å². The van der Waals surface area contributed by atoms with Crippen molar-refractivity contribution in [2.24, 2.45) is 5.41 Å². The van der Waals surface area contributed by atoms with Gasteiger partial charge in [-0.05, 0) is 42.0 Å². The average molecular weight is 493 g/mol. The van der Waals surface area contributed by atoms with Gasteiger partial charge in [-0.1, -0.05) is 12.1 Å². The van der Waals surface area contributed by atoms with E-state index in [-0.39, 0.29) is 17.1 Å². The van der Waals surface area contributed by atoms with E-state index in [9.17, 15) is 22.4 Å². The van der Waals surface area contributed by atoms with E-state index < -0.39 is 12.1 Å². The lowest BCUT2D eigenvalue weighted by Crippen LogP contribution is -2.40. The molecule has 2 heterocycles. The van der Waals surface area contributed by atoms with E-state index >= 15 is 0 Å². The van der Waals surface area contributed by atoms with Gasteiger partial charge in [-0.25, -0.2) is 9.18 Å². The quantitative estimate of drug-likeness (QED) is 0.657. The van der Waals surface area contributed by atoms with Gasteiger partial charge in [0.15, 0.2) is 0 Å². The highest BCUT2D eigenvalue weighted by molar-refractivity contribution is 5.96. The van der Waals surface area contributed by atoms with Crippen LogP contribution in [-0.4, -0.2) is 60.9 Å². The number of halogens is 4. The Labute approximate surface area is 199 Å². The van der Waals surface area contributed by atoms with Crippen LogP contribution in [0, 0.1) is 22.6 Å². The van der Waals surface area contributed by atoms with Crippen molar-refractivity contribution in [3.05, 3.63) is 65.5 Å². The number of carbonyl (C=O) groups excluding carboxylic acids is 1. The minimum atomic E-state index is -5.08. The first kappa shape index (κ1) is 26.1. The maximum absolute atomic E-state index is 13.2. The number of hydrogen-bond donors (Lipinski definition) is 1. The summed E-state index contributed by atoms with van der Waals surface area (Å²) in [4.78, 5) is 25.7. The molecule has 2 saturated heterocycles. The van der Waals surface area contributed by atoms with Gasteiger partial charge in [-0.3, -0.25) is 9.69 Å². The van der Waals surface area contributed by atoms with E-state index in [1.807, 2.05) is 24.3 Å². The van der Waals surface area contributed by atoms with Gasteiger partial charge < -0.3 is 14.7 Å². The molecule has 2 aliphatic rings. The van der Waals surface area contributed by atoms with Gasteiger partial charge in [0.2, 0.25) is 5.91 Å². The summed E-state index contributed by atoms with van der Waals surface area (Å²) in [5.74, 6) is -3.01. The summed E-state index contributed by atoms with van der Waals surface area (Å²) in [5, 5.41) is 16.1. The van der Waals surface area contributed by atoms with Crippen LogP contribution in [0.1, 0.15) is 17.5 Å². The smallest absolute Gasteiger partial charge is 0.475 e. The van der Waals surface area contributed by atoms with E-state index in [0.717, 1.165) is 30.9 Å². The summed E-state index contributed by atoms with van der Waals surface area (Å²) in [6, 6.07) is 15.8. The molecule has 0 aromatic heterocycles. The van der Waals surface area contributed by atoms with Crippen LogP contribution in [0.4, 0.5) is 23.2 Å². The molecule has 2 fully saturated rings. The molecule has 2 aromatic rings. The molecule has 2 aromatic carbocycles. The zero-order valence-electron chi connectivity index (χ0n) is 18.6. The highest BCUT2D eigenvalue weighted by atomic mass is 19.4. The highest BCUT2D eigenvalue weighted by Crippen LogP contribution is 2.37. The lowest BCUT2D eigenvalue weighted by molar-refractivity contribution is -0.192. The van der Waals surface area contributed by atoms with Crippen LogP contribution < -0.4 is 4.90 Å². The molecule has 1 N–H and O–H groups in total. The molecule has 0 aliphatic carbocycles. The van der Waals surface area contributed by atoms with Crippen LogP contribution in [0.2, 0.25) is 0 Å². The number of hydrogen-bond acceptors (Lipinski definition) is 5. The van der Waals surface area contributed by atoms with Crippen LogP contribution in [-0.2, 0) is 20.9 Å². The second-order valence-corrected chi connectivity index (χ2v) is 8.51. The van der Waals surface area contributed by atoms with Crippen LogP contribution in [0.5, 0.6) is 0 Å². The largest absolute Gasteiger partial charge is 0.490 e. The Morgan fingerprint density at radius 3 is 2.31 bits per heavy atom. The minimum Gasteiger partial charge on any atom is -0.475 e. The first-order valence-electron chi connectivity index (χ1n) is 10.7. The third-order valence-electron chi connectivity index (χ3n) is 5.71. The number of ether oxygens (including phenoxy) is 1. The maximum Gasteiger partial charge on any atom is 0.490 e. The van der Waals surface area contributed by atoms with E-state index in [0.29, 0.717) is 31.7 Å². The molecular formula is C24H23F4N3O4. The molecule has 0 saturated carbocycles. The number of nitrogens with zero attached hydrogens (tertiary/aromatic N) is 3. The van der Waals surface area contributed by atoms with Crippen molar-refractivity contribution < 1.29 is 37.0 Å². The second kappa shape index (κ2) is 10.8. The van der Waals surface area contributed by atoms with Gasteiger partial charge in [-0.2, -0.15) is 18.4 Å². The lowest BCUT2D eigenvalue weighted by atomic mass is 9.87. The van der Waals surface area contributed by atoms with Crippen molar-refractivity contribution in [1.82, 2.24) is 4.90 Å². The number of carbonyl (C=O) groups is 2. The Bertz CT molecular complexity index is 1080. The molecule has 1 amide bonds. The maximum atomic E-state index is 13.2. The number of benzene rings is 2. The molecule has 0 radical (unpaired) electrons. The number of carboxylic acid groups (broad SMARTS) is 1. The molecule has 4 rings (SSSR count). The monoisotopic (exact) mass is 493 g/mol. The van der Waals surface area contributed by atoms with Crippen molar-refractivity contribution in [1.29, 1.82) is 5.26 Å². The standard InChI is InChI=1S/C22H22FN3O2.C2HF3O2/c23-19-5-7-20(8-6-19)26-15-22(11-21(26)27)14-25(9-10-28-16-22)13-18-3-1-17(12-24)2-4-18;3-2(4,5)1(6)7/h1-8H,9-11,13-16H2;(H,6,7). The first-order chi connectivity index (χ1) is 16.5. The Morgan fingerprint density at radius 2 is 1.74 bits per heavy atom. The predicted molar refractivity (Wildman–Crippen MR) is 117 cm³/mol. The summed E-state index contributed by atoms with van der Waals surface area (Å²) in [7, 11) is 0. The van der Waals surface area contributed by atoms with Crippen molar-refractivity contribution in [2.75, 3.05) is 37.7 Å². The van der Waals surface area contributed by atoms with E-state index in [4.69, 9.17) is 19.9 Å². The van der Waals surface area contributed by atoms with Gasteiger partial charge >= 0.3 is 12.1 Å². The average Bonchev–Trinajstić information content (AvgIpc) is 3.00. The van der Waals surface area contributed by atoms with Gasteiger partial charge in [-0.15, -0.1) is 0 Å². The van der Waals surface area contributed by atoms with E-state index in [2.05, 4.69) is 11.0 Å². The number of nitriles is 1. The van der Waals surface area contributed by atoms with Crippen LogP contribution in [0.15, 0.2) is 48.5 Å². The Hall–Kier alpha value is -3.49. The molecule has 11 heteroatoms. The second-order valence-electron chi connectivity index (χ2n) is 8.51. The molecule has 1 atom stereocenters. The fourth-order valence-electron chi connectivity index (χ4n) is 4.11. The summed E-state index contributed by atoms with van der Waals surface area (Å²) >= 11 is 0. The minimum absolute atomic E-state index is 0.0513. The van der Waals surface area contributed by atoms with Crippen LogP contribution in [0.3, 0.4) is 0 Å². The predicted octanol–water partition coefficient (Wildman–Crippen LogP) is 3.59. The number of aliphatic carboxylic acids is 1. The number of carboxylic acids is 1. The third kappa shape index (κ3) is 7.00. The Balaban J connectivity index is 0.000000429. The fraction of sp³-hybridized carbons (Fsp3) is 0.375. The highest BCUT2D eigenvalue weighted by Gasteiger charge is 2.46. The molecule has 1 spiro atoms. The summed E-state index contributed by atoms with van der Waals surface area (Å²) in [5.41, 5.74) is 2.24. The zero-order chi connectivity index (χ0) is 25.6. The van der Waals surface area contributed by atoms with Crippen molar-refractivity contribution in [3.8, 4) is 6.07 Å². The topological polar surface area (TPSA) is 93.9 Å². The van der Waals surface area contributed by atoms with Gasteiger partial charge in [0.1, 0.15) is 5.82 Å².